The molecule has 52 valence electrons. The van der Waals surface area contributed by atoms with Gasteiger partial charge in [0.25, 0.3) is 0 Å². The zero-order chi connectivity index (χ0) is 7.44. The molecule has 0 rings (SSSR count). The van der Waals surface area contributed by atoms with E-state index in [0.29, 0.717) is 0 Å². The lowest BCUT2D eigenvalue weighted by molar-refractivity contribution is -0.307. The minimum absolute atomic E-state index is 0. The molecule has 0 aromatic carbocycles. The van der Waals surface area contributed by atoms with E-state index in [9.17, 15) is 9.90 Å². The highest BCUT2D eigenvalue weighted by Crippen LogP contribution is 1.99. The first-order valence-corrected chi connectivity index (χ1v) is 2.69. The lowest BCUT2D eigenvalue weighted by atomic mass is 10.2. The predicted molar refractivity (Wildman–Crippen MR) is 31.7 cm³/mol. The van der Waals surface area contributed by atoms with Crippen LogP contribution >= 0.6 is 0 Å². The molecule has 0 amide bonds. The maximum Gasteiger partial charge on any atom is 1.00 e. The molecular formula is C6H10O3. The number of carboxylic acids is 1. The molecule has 0 saturated carbocycles. The SMILES string of the molecule is CC/C([O-])=C(/C)C(=O)O.[H+]. The quantitative estimate of drug-likeness (QED) is 0.430. The highest BCUT2D eigenvalue weighted by molar-refractivity contribution is 5.86. The van der Waals surface area contributed by atoms with Gasteiger partial charge in [-0.3, -0.25) is 0 Å². The van der Waals surface area contributed by atoms with Crippen LogP contribution in [0.3, 0.4) is 0 Å². The third-order valence-corrected chi connectivity index (χ3v) is 1.06. The number of carboxylic acid groups (broad SMARTS) is 1. The molecule has 0 unspecified atom stereocenters. The number of carbonyl (C=O) groups is 1. The van der Waals surface area contributed by atoms with Gasteiger partial charge in [0, 0.05) is 5.57 Å². The molecule has 0 aliphatic rings. The second-order valence-electron chi connectivity index (χ2n) is 1.71. The van der Waals surface area contributed by atoms with Gasteiger partial charge in [0.05, 0.1) is 0 Å². The van der Waals surface area contributed by atoms with Crippen LogP contribution in [0.5, 0.6) is 0 Å². The average molecular weight is 130 g/mol. The zero-order valence-electron chi connectivity index (χ0n) is 6.47. The largest absolute Gasteiger partial charge is 1.00 e. The summed E-state index contributed by atoms with van der Waals surface area (Å²) in [5.74, 6) is -1.43. The van der Waals surface area contributed by atoms with Gasteiger partial charge in [0.15, 0.2) is 0 Å². The molecule has 0 fully saturated rings. The first kappa shape index (κ1) is 8.01. The van der Waals surface area contributed by atoms with Crippen molar-refractivity contribution < 1.29 is 16.4 Å². The summed E-state index contributed by atoms with van der Waals surface area (Å²) in [5.41, 5.74) is -0.0856. The van der Waals surface area contributed by atoms with Gasteiger partial charge in [-0.2, -0.15) is 0 Å². The Morgan fingerprint density at radius 2 is 2.22 bits per heavy atom. The average Bonchev–Trinajstić information content (AvgIpc) is 1.84. The predicted octanol–water partition coefficient (Wildman–Crippen LogP) is 0.228. The van der Waals surface area contributed by atoms with Gasteiger partial charge in [-0.1, -0.05) is 6.92 Å². The monoisotopic (exact) mass is 130 g/mol. The van der Waals surface area contributed by atoms with Crippen LogP contribution in [-0.4, -0.2) is 11.1 Å². The van der Waals surface area contributed by atoms with E-state index in [4.69, 9.17) is 5.11 Å². The lowest BCUT2D eigenvalue weighted by Crippen LogP contribution is -2.10. The van der Waals surface area contributed by atoms with Crippen molar-refractivity contribution in [3.63, 3.8) is 0 Å². The van der Waals surface area contributed by atoms with Gasteiger partial charge in [0.1, 0.15) is 0 Å². The smallest absolute Gasteiger partial charge is 0.875 e. The van der Waals surface area contributed by atoms with E-state index in [1.807, 2.05) is 0 Å². The van der Waals surface area contributed by atoms with Crippen molar-refractivity contribution >= 4 is 5.97 Å². The summed E-state index contributed by atoms with van der Waals surface area (Å²) in [5, 5.41) is 18.8. The molecule has 0 spiro atoms. The van der Waals surface area contributed by atoms with Gasteiger partial charge in [-0.15, -0.1) is 5.76 Å². The molecule has 0 aliphatic carbocycles. The Morgan fingerprint density at radius 1 is 1.78 bits per heavy atom. The maximum atomic E-state index is 10.5. The number of rotatable bonds is 2. The summed E-state index contributed by atoms with van der Waals surface area (Å²) in [7, 11) is 0. The summed E-state index contributed by atoms with van der Waals surface area (Å²) in [6.07, 6.45) is 0.262. The lowest BCUT2D eigenvalue weighted by Gasteiger charge is -2.09. The van der Waals surface area contributed by atoms with Gasteiger partial charge >= 0.3 is 7.40 Å². The van der Waals surface area contributed by atoms with Gasteiger partial charge in [-0.25, -0.2) is 4.79 Å². The Bertz CT molecular complexity index is 151. The maximum absolute atomic E-state index is 10.5. The van der Waals surface area contributed by atoms with Crippen LogP contribution in [0.2, 0.25) is 0 Å². The third-order valence-electron chi connectivity index (χ3n) is 1.06. The van der Waals surface area contributed by atoms with E-state index in [-0.39, 0.29) is 19.2 Å². The zero-order valence-corrected chi connectivity index (χ0v) is 5.47. The fraction of sp³-hybridized carbons (Fsp3) is 0.500. The van der Waals surface area contributed by atoms with Crippen molar-refractivity contribution in [2.24, 2.45) is 0 Å². The van der Waals surface area contributed by atoms with Crippen molar-refractivity contribution in [2.45, 2.75) is 20.3 Å². The van der Waals surface area contributed by atoms with Crippen molar-refractivity contribution in [2.75, 3.05) is 0 Å². The molecule has 0 heterocycles. The second-order valence-corrected chi connectivity index (χ2v) is 1.71. The molecule has 0 bridgehead atoms. The molecule has 0 atom stereocenters. The van der Waals surface area contributed by atoms with E-state index in [0.717, 1.165) is 0 Å². The Kier molecular flexibility index (Phi) is 2.78. The molecule has 0 radical (unpaired) electrons. The van der Waals surface area contributed by atoms with E-state index >= 15 is 0 Å². The highest BCUT2D eigenvalue weighted by Gasteiger charge is 1.98. The third kappa shape index (κ3) is 2.17. The number of hydrogen-bond donors (Lipinski definition) is 1. The summed E-state index contributed by atoms with van der Waals surface area (Å²) >= 11 is 0. The summed E-state index contributed by atoms with van der Waals surface area (Å²) in [6.45, 7) is 2.95. The van der Waals surface area contributed by atoms with Crippen LogP contribution in [0.1, 0.15) is 21.7 Å². The van der Waals surface area contributed by atoms with Crippen LogP contribution in [0, 0.1) is 0 Å². The van der Waals surface area contributed by atoms with Crippen LogP contribution in [0.4, 0.5) is 0 Å². The van der Waals surface area contributed by atoms with Crippen molar-refractivity contribution in [1.82, 2.24) is 0 Å². The van der Waals surface area contributed by atoms with Gasteiger partial charge in [-0.05, 0) is 13.3 Å². The first-order valence-electron chi connectivity index (χ1n) is 2.69. The Balaban J connectivity index is 0. The molecule has 9 heavy (non-hydrogen) atoms. The number of allylic oxidation sites excluding steroid dienone is 1. The Morgan fingerprint density at radius 3 is 2.33 bits per heavy atom. The molecular weight excluding hydrogens is 120 g/mol. The Hall–Kier alpha value is -0.990. The molecule has 0 saturated heterocycles. The molecule has 0 aromatic heterocycles. The molecule has 3 heteroatoms. The Labute approximate surface area is 55.1 Å². The van der Waals surface area contributed by atoms with Gasteiger partial charge in [0.2, 0.25) is 0 Å². The fourth-order valence-electron chi connectivity index (χ4n) is 0.384. The number of aliphatic carboxylic acids is 1. The van der Waals surface area contributed by atoms with Crippen molar-refractivity contribution in [3.05, 3.63) is 11.3 Å². The minimum Gasteiger partial charge on any atom is -0.875 e. The molecule has 0 aromatic rings. The molecule has 0 aliphatic heterocycles. The van der Waals surface area contributed by atoms with Crippen LogP contribution < -0.4 is 5.11 Å². The fourth-order valence-corrected chi connectivity index (χ4v) is 0.384. The van der Waals surface area contributed by atoms with E-state index in [2.05, 4.69) is 0 Å². The molecule has 1 N–H and O–H groups in total. The molecule has 3 nitrogen and oxygen atoms in total. The van der Waals surface area contributed by atoms with E-state index in [1.54, 1.807) is 6.92 Å². The van der Waals surface area contributed by atoms with Crippen LogP contribution in [-0.2, 0) is 4.79 Å². The summed E-state index contributed by atoms with van der Waals surface area (Å²) in [6, 6.07) is 0. The standard InChI is InChI=1S/C6H10O3/c1-3-5(7)4(2)6(8)9/h7H,3H2,1-2H3,(H,8,9)/b5-4+. The van der Waals surface area contributed by atoms with Crippen LogP contribution in [0.15, 0.2) is 11.3 Å². The highest BCUT2D eigenvalue weighted by atomic mass is 16.4. The topological polar surface area (TPSA) is 60.4 Å². The summed E-state index contributed by atoms with van der Waals surface area (Å²) < 4.78 is 0. The normalized spacial score (nSPS) is 12.7. The van der Waals surface area contributed by atoms with E-state index < -0.39 is 5.97 Å². The van der Waals surface area contributed by atoms with Crippen molar-refractivity contribution in [3.8, 4) is 0 Å². The first-order chi connectivity index (χ1) is 4.09. The minimum atomic E-state index is -1.12. The number of hydrogen-bond acceptors (Lipinski definition) is 2. The van der Waals surface area contributed by atoms with E-state index in [1.165, 1.54) is 6.92 Å². The second kappa shape index (κ2) is 3.12. The van der Waals surface area contributed by atoms with Crippen molar-refractivity contribution in [1.29, 1.82) is 0 Å². The van der Waals surface area contributed by atoms with Crippen LogP contribution in [0.25, 0.3) is 0 Å². The van der Waals surface area contributed by atoms with Gasteiger partial charge < -0.3 is 10.2 Å². The summed E-state index contributed by atoms with van der Waals surface area (Å²) in [4.78, 5) is 10.0.